The summed E-state index contributed by atoms with van der Waals surface area (Å²) in [5.41, 5.74) is 2.47. The van der Waals surface area contributed by atoms with Crippen molar-refractivity contribution in [2.24, 2.45) is 5.92 Å². The van der Waals surface area contributed by atoms with Gasteiger partial charge in [-0.3, -0.25) is 9.78 Å². The Bertz CT molecular complexity index is 901. The van der Waals surface area contributed by atoms with Crippen LogP contribution in [0.4, 0.5) is 5.13 Å². The molecule has 1 amide bonds. The minimum Gasteiger partial charge on any atom is -0.348 e. The number of nitrogens with zero attached hydrogens (tertiary/aromatic N) is 3. The first-order valence-electron chi connectivity index (χ1n) is 9.03. The van der Waals surface area contributed by atoms with Crippen LogP contribution >= 0.6 is 11.3 Å². The molecule has 26 heavy (non-hydrogen) atoms. The Morgan fingerprint density at radius 3 is 2.88 bits per heavy atom. The highest BCUT2D eigenvalue weighted by atomic mass is 32.1. The van der Waals surface area contributed by atoms with Crippen LogP contribution in [0.2, 0.25) is 0 Å². The summed E-state index contributed by atoms with van der Waals surface area (Å²) < 4.78 is 1.06. The maximum atomic E-state index is 12.4. The molecule has 0 spiro atoms. The molecule has 0 atom stereocenters. The van der Waals surface area contributed by atoms with E-state index in [1.807, 2.05) is 36.4 Å². The highest BCUT2D eigenvalue weighted by Crippen LogP contribution is 2.32. The van der Waals surface area contributed by atoms with Crippen molar-refractivity contribution in [1.29, 1.82) is 0 Å². The van der Waals surface area contributed by atoms with Crippen LogP contribution in [0, 0.1) is 5.92 Å². The molecule has 1 aromatic carbocycles. The average Bonchev–Trinajstić information content (AvgIpc) is 3.10. The van der Waals surface area contributed by atoms with E-state index in [9.17, 15) is 4.79 Å². The first-order chi connectivity index (χ1) is 12.7. The van der Waals surface area contributed by atoms with E-state index in [1.54, 1.807) is 17.5 Å². The average molecular weight is 366 g/mol. The molecule has 1 aliphatic heterocycles. The lowest BCUT2D eigenvalue weighted by atomic mass is 10.00. The summed E-state index contributed by atoms with van der Waals surface area (Å²) in [7, 11) is 0. The van der Waals surface area contributed by atoms with Gasteiger partial charge >= 0.3 is 0 Å². The number of aromatic nitrogens is 2. The topological polar surface area (TPSA) is 58.1 Å². The molecule has 4 rings (SSSR count). The summed E-state index contributed by atoms with van der Waals surface area (Å²) in [6, 6.07) is 11.4. The Kier molecular flexibility index (Phi) is 4.84. The predicted molar refractivity (Wildman–Crippen MR) is 106 cm³/mol. The molecule has 134 valence electrons. The summed E-state index contributed by atoms with van der Waals surface area (Å²) in [5, 5.41) is 3.99. The van der Waals surface area contributed by atoms with E-state index in [-0.39, 0.29) is 5.91 Å². The third-order valence-corrected chi connectivity index (χ3v) is 5.93. The van der Waals surface area contributed by atoms with Crippen molar-refractivity contribution in [1.82, 2.24) is 15.3 Å². The number of pyridine rings is 1. The number of amides is 1. The van der Waals surface area contributed by atoms with E-state index in [0.717, 1.165) is 40.0 Å². The number of hydrogen-bond acceptors (Lipinski definition) is 5. The molecule has 0 radical (unpaired) electrons. The van der Waals surface area contributed by atoms with Crippen molar-refractivity contribution in [3.8, 4) is 0 Å². The van der Waals surface area contributed by atoms with E-state index in [4.69, 9.17) is 4.98 Å². The number of thiazole rings is 1. The van der Waals surface area contributed by atoms with Gasteiger partial charge in [0.05, 0.1) is 22.5 Å². The Hall–Kier alpha value is -2.47. The van der Waals surface area contributed by atoms with Gasteiger partial charge in [0.2, 0.25) is 0 Å². The number of anilines is 1. The minimum atomic E-state index is -0.0840. The zero-order valence-corrected chi connectivity index (χ0v) is 15.6. The van der Waals surface area contributed by atoms with Crippen molar-refractivity contribution in [2.45, 2.75) is 26.3 Å². The van der Waals surface area contributed by atoms with Crippen molar-refractivity contribution in [3.05, 3.63) is 53.9 Å². The first kappa shape index (κ1) is 17.0. The number of benzene rings is 1. The van der Waals surface area contributed by atoms with Gasteiger partial charge in [-0.05, 0) is 49.1 Å². The van der Waals surface area contributed by atoms with E-state index in [0.29, 0.717) is 12.1 Å². The van der Waals surface area contributed by atoms with Gasteiger partial charge in [0, 0.05) is 24.8 Å². The largest absolute Gasteiger partial charge is 0.348 e. The highest BCUT2D eigenvalue weighted by Gasteiger charge is 2.19. The van der Waals surface area contributed by atoms with Crippen molar-refractivity contribution in [2.75, 3.05) is 18.0 Å². The second kappa shape index (κ2) is 7.41. The van der Waals surface area contributed by atoms with Gasteiger partial charge in [-0.15, -0.1) is 0 Å². The minimum absolute atomic E-state index is 0.0840. The number of piperidine rings is 1. The van der Waals surface area contributed by atoms with Crippen LogP contribution in [0.3, 0.4) is 0 Å². The third kappa shape index (κ3) is 3.70. The Labute approximate surface area is 157 Å². The standard InChI is InChI=1S/C20H22N4OS/c1-14-7-10-24(11-8-14)20-23-17-6-5-15(12-18(17)26-20)19(25)22-13-16-4-2-3-9-21-16/h2-6,9,12,14H,7-8,10-11,13H2,1H3,(H,22,25). The fourth-order valence-electron chi connectivity index (χ4n) is 3.16. The lowest BCUT2D eigenvalue weighted by Crippen LogP contribution is -2.32. The monoisotopic (exact) mass is 366 g/mol. The predicted octanol–water partition coefficient (Wildman–Crippen LogP) is 3.86. The van der Waals surface area contributed by atoms with Crippen LogP contribution in [0.5, 0.6) is 0 Å². The fraction of sp³-hybridized carbons (Fsp3) is 0.350. The maximum Gasteiger partial charge on any atom is 0.251 e. The lowest BCUT2D eigenvalue weighted by molar-refractivity contribution is 0.0950. The second-order valence-corrected chi connectivity index (χ2v) is 7.86. The molecular weight excluding hydrogens is 344 g/mol. The zero-order valence-electron chi connectivity index (χ0n) is 14.8. The summed E-state index contributed by atoms with van der Waals surface area (Å²) in [5.74, 6) is 0.717. The molecule has 6 heteroatoms. The highest BCUT2D eigenvalue weighted by molar-refractivity contribution is 7.22. The maximum absolute atomic E-state index is 12.4. The molecule has 2 aromatic heterocycles. The number of nitrogens with one attached hydrogen (secondary N) is 1. The lowest BCUT2D eigenvalue weighted by Gasteiger charge is -2.29. The van der Waals surface area contributed by atoms with Crippen molar-refractivity contribution >= 4 is 32.6 Å². The summed E-state index contributed by atoms with van der Waals surface area (Å²) in [6.07, 6.45) is 4.17. The number of carbonyl (C=O) groups excluding carboxylic acids is 1. The summed E-state index contributed by atoms with van der Waals surface area (Å²) >= 11 is 1.67. The number of fused-ring (bicyclic) bond motifs is 1. The zero-order chi connectivity index (χ0) is 17.9. The molecular formula is C20H22N4OS. The normalized spacial score (nSPS) is 15.3. The van der Waals surface area contributed by atoms with Crippen molar-refractivity contribution in [3.63, 3.8) is 0 Å². The molecule has 1 fully saturated rings. The molecule has 0 saturated carbocycles. The number of carbonyl (C=O) groups is 1. The van der Waals surface area contributed by atoms with E-state index >= 15 is 0 Å². The molecule has 0 bridgehead atoms. The van der Waals surface area contributed by atoms with Gasteiger partial charge in [-0.25, -0.2) is 4.98 Å². The molecule has 3 heterocycles. The van der Waals surface area contributed by atoms with Crippen LogP contribution in [-0.2, 0) is 6.54 Å². The number of hydrogen-bond donors (Lipinski definition) is 1. The smallest absolute Gasteiger partial charge is 0.251 e. The molecule has 1 aliphatic rings. The molecule has 3 aromatic rings. The first-order valence-corrected chi connectivity index (χ1v) is 9.84. The van der Waals surface area contributed by atoms with Crippen LogP contribution in [0.25, 0.3) is 10.2 Å². The van der Waals surface area contributed by atoms with Gasteiger partial charge in [0.15, 0.2) is 5.13 Å². The molecule has 0 aliphatic carbocycles. The van der Waals surface area contributed by atoms with Gasteiger partial charge < -0.3 is 10.2 Å². The molecule has 1 N–H and O–H groups in total. The van der Waals surface area contributed by atoms with Crippen LogP contribution in [0.1, 0.15) is 35.8 Å². The molecule has 0 unspecified atom stereocenters. The quantitative estimate of drug-likeness (QED) is 0.762. The summed E-state index contributed by atoms with van der Waals surface area (Å²) in [4.78, 5) is 23.8. The fourth-order valence-corrected chi connectivity index (χ4v) is 4.22. The third-order valence-electron chi connectivity index (χ3n) is 4.85. The van der Waals surface area contributed by atoms with E-state index in [1.165, 1.54) is 12.8 Å². The van der Waals surface area contributed by atoms with Gasteiger partial charge in [0.1, 0.15) is 0 Å². The molecule has 5 nitrogen and oxygen atoms in total. The van der Waals surface area contributed by atoms with E-state index in [2.05, 4.69) is 22.1 Å². The van der Waals surface area contributed by atoms with Crippen molar-refractivity contribution < 1.29 is 4.79 Å². The Morgan fingerprint density at radius 2 is 2.12 bits per heavy atom. The van der Waals surface area contributed by atoms with Crippen LogP contribution in [-0.4, -0.2) is 29.0 Å². The van der Waals surface area contributed by atoms with Gasteiger partial charge in [-0.2, -0.15) is 0 Å². The number of rotatable bonds is 4. The van der Waals surface area contributed by atoms with Crippen LogP contribution in [0.15, 0.2) is 42.6 Å². The summed E-state index contributed by atoms with van der Waals surface area (Å²) in [6.45, 7) is 4.87. The second-order valence-electron chi connectivity index (χ2n) is 6.85. The Balaban J connectivity index is 1.47. The SMILES string of the molecule is CC1CCN(c2nc3ccc(C(=O)NCc4ccccn4)cc3s2)CC1. The van der Waals surface area contributed by atoms with E-state index < -0.39 is 0 Å². The van der Waals surface area contributed by atoms with Gasteiger partial charge in [-0.1, -0.05) is 24.3 Å². The molecule has 1 saturated heterocycles. The van der Waals surface area contributed by atoms with Gasteiger partial charge in [0.25, 0.3) is 5.91 Å². The van der Waals surface area contributed by atoms with Crippen LogP contribution < -0.4 is 10.2 Å². The Morgan fingerprint density at radius 1 is 1.27 bits per heavy atom.